The van der Waals surface area contributed by atoms with Gasteiger partial charge in [-0.05, 0) is 71.7 Å². The third kappa shape index (κ3) is 6.02. The van der Waals surface area contributed by atoms with Crippen molar-refractivity contribution >= 4 is 5.96 Å². The number of nitrogens with one attached hydrogen (secondary N) is 2. The van der Waals surface area contributed by atoms with E-state index in [0.29, 0.717) is 11.8 Å². The Balaban J connectivity index is 1.89. The molecule has 1 aliphatic rings. The zero-order valence-electron chi connectivity index (χ0n) is 17.0. The molecule has 0 aliphatic carbocycles. The molecule has 3 N–H and O–H groups in total. The summed E-state index contributed by atoms with van der Waals surface area (Å²) in [4.78, 5) is 7.11. The van der Waals surface area contributed by atoms with Crippen molar-refractivity contribution in [3.63, 3.8) is 0 Å². The molecule has 0 radical (unpaired) electrons. The fourth-order valence-corrected chi connectivity index (χ4v) is 3.22. The van der Waals surface area contributed by atoms with Crippen LogP contribution in [0.3, 0.4) is 0 Å². The number of likely N-dealkylation sites (tertiary alicyclic amines) is 1. The van der Waals surface area contributed by atoms with Gasteiger partial charge in [0.2, 0.25) is 0 Å². The second-order valence-electron chi connectivity index (χ2n) is 7.83. The number of guanidine groups is 1. The van der Waals surface area contributed by atoms with Gasteiger partial charge in [0.25, 0.3) is 0 Å². The molecule has 0 spiro atoms. The van der Waals surface area contributed by atoms with Gasteiger partial charge in [0.15, 0.2) is 5.96 Å². The molecule has 0 saturated carbocycles. The lowest BCUT2D eigenvalue weighted by atomic mass is 9.98. The van der Waals surface area contributed by atoms with Gasteiger partial charge in [-0.3, -0.25) is 4.90 Å². The SMILES string of the molecule is CCNC(=NCC(C)(O)c1ccc(C)o1)NCC(C)N1CCC(C)CC1. The Kier molecular flexibility index (Phi) is 7.53. The highest BCUT2D eigenvalue weighted by Crippen LogP contribution is 2.23. The Hall–Kier alpha value is -1.53. The van der Waals surface area contributed by atoms with Crippen molar-refractivity contribution in [1.29, 1.82) is 0 Å². The smallest absolute Gasteiger partial charge is 0.191 e. The number of hydrogen-bond donors (Lipinski definition) is 3. The molecule has 26 heavy (non-hydrogen) atoms. The Morgan fingerprint density at radius 2 is 2.08 bits per heavy atom. The van der Waals surface area contributed by atoms with E-state index in [4.69, 9.17) is 4.42 Å². The van der Waals surface area contributed by atoms with Crippen LogP contribution < -0.4 is 10.6 Å². The second-order valence-corrected chi connectivity index (χ2v) is 7.83. The first kappa shape index (κ1) is 20.8. The minimum Gasteiger partial charge on any atom is -0.463 e. The van der Waals surface area contributed by atoms with Crippen LogP contribution in [0, 0.1) is 12.8 Å². The summed E-state index contributed by atoms with van der Waals surface area (Å²) in [6, 6.07) is 4.13. The van der Waals surface area contributed by atoms with Gasteiger partial charge in [-0.1, -0.05) is 6.92 Å². The van der Waals surface area contributed by atoms with Crippen molar-refractivity contribution in [3.8, 4) is 0 Å². The topological polar surface area (TPSA) is 73.0 Å². The molecule has 1 aliphatic heterocycles. The van der Waals surface area contributed by atoms with Gasteiger partial charge < -0.3 is 20.2 Å². The molecule has 2 heterocycles. The summed E-state index contributed by atoms with van der Waals surface area (Å²) in [5.41, 5.74) is -1.12. The first-order valence-electron chi connectivity index (χ1n) is 9.87. The minimum atomic E-state index is -1.12. The maximum absolute atomic E-state index is 10.7. The van der Waals surface area contributed by atoms with E-state index in [-0.39, 0.29) is 6.54 Å². The van der Waals surface area contributed by atoms with E-state index in [2.05, 4.69) is 34.4 Å². The summed E-state index contributed by atoms with van der Waals surface area (Å²) in [5, 5.41) is 17.3. The predicted molar refractivity (Wildman–Crippen MR) is 106 cm³/mol. The normalized spacial score (nSPS) is 20.6. The molecule has 1 aromatic rings. The van der Waals surface area contributed by atoms with E-state index < -0.39 is 5.60 Å². The standard InChI is InChI=1S/C20H36N4O2/c1-6-21-19(22-13-16(3)24-11-9-15(2)10-12-24)23-14-20(5,25)18-8-7-17(4)26-18/h7-8,15-16,25H,6,9-14H2,1-5H3,(H2,21,22,23). The molecule has 2 unspecified atom stereocenters. The summed E-state index contributed by atoms with van der Waals surface area (Å²) in [5.74, 6) is 2.91. The lowest BCUT2D eigenvalue weighted by Gasteiger charge is -2.35. The van der Waals surface area contributed by atoms with E-state index >= 15 is 0 Å². The van der Waals surface area contributed by atoms with E-state index in [1.807, 2.05) is 26.0 Å². The van der Waals surface area contributed by atoms with Crippen LogP contribution >= 0.6 is 0 Å². The Labute approximate surface area is 158 Å². The van der Waals surface area contributed by atoms with Crippen molar-refractivity contribution in [2.75, 3.05) is 32.7 Å². The third-order valence-corrected chi connectivity index (χ3v) is 5.17. The van der Waals surface area contributed by atoms with Gasteiger partial charge in [0.1, 0.15) is 17.1 Å². The van der Waals surface area contributed by atoms with Crippen LogP contribution in [0.15, 0.2) is 21.5 Å². The number of furan rings is 1. The van der Waals surface area contributed by atoms with Crippen LogP contribution in [-0.4, -0.2) is 54.7 Å². The largest absolute Gasteiger partial charge is 0.463 e. The van der Waals surface area contributed by atoms with Crippen molar-refractivity contribution < 1.29 is 9.52 Å². The predicted octanol–water partition coefficient (Wildman–Crippen LogP) is 2.47. The molecule has 1 fully saturated rings. The first-order chi connectivity index (χ1) is 12.3. The van der Waals surface area contributed by atoms with Gasteiger partial charge in [-0.25, -0.2) is 4.99 Å². The summed E-state index contributed by atoms with van der Waals surface area (Å²) < 4.78 is 5.56. The molecule has 2 atom stereocenters. The average molecular weight is 365 g/mol. The monoisotopic (exact) mass is 364 g/mol. The maximum atomic E-state index is 10.7. The van der Waals surface area contributed by atoms with E-state index in [1.165, 1.54) is 25.9 Å². The number of aliphatic imine (C=N–C) groups is 1. The molecular weight excluding hydrogens is 328 g/mol. The second kappa shape index (κ2) is 9.42. The minimum absolute atomic E-state index is 0.241. The molecule has 148 valence electrons. The zero-order chi connectivity index (χ0) is 19.2. The number of hydrogen-bond acceptors (Lipinski definition) is 4. The van der Waals surface area contributed by atoms with Crippen LogP contribution in [0.4, 0.5) is 0 Å². The fourth-order valence-electron chi connectivity index (χ4n) is 3.22. The lowest BCUT2D eigenvalue weighted by Crippen LogP contribution is -2.48. The molecule has 6 nitrogen and oxygen atoms in total. The number of piperidine rings is 1. The molecule has 0 amide bonds. The van der Waals surface area contributed by atoms with Crippen LogP contribution in [0.2, 0.25) is 0 Å². The van der Waals surface area contributed by atoms with Crippen LogP contribution in [0.25, 0.3) is 0 Å². The molecular formula is C20H36N4O2. The number of rotatable bonds is 7. The van der Waals surface area contributed by atoms with E-state index in [0.717, 1.165) is 30.7 Å². The summed E-state index contributed by atoms with van der Waals surface area (Å²) in [6.07, 6.45) is 2.56. The van der Waals surface area contributed by atoms with Gasteiger partial charge in [0, 0.05) is 19.1 Å². The summed E-state index contributed by atoms with van der Waals surface area (Å²) in [6.45, 7) is 14.4. The van der Waals surface area contributed by atoms with Crippen LogP contribution in [-0.2, 0) is 5.60 Å². The number of nitrogens with zero attached hydrogens (tertiary/aromatic N) is 2. The fraction of sp³-hybridized carbons (Fsp3) is 0.750. The Morgan fingerprint density at radius 3 is 2.65 bits per heavy atom. The van der Waals surface area contributed by atoms with E-state index in [1.54, 1.807) is 6.92 Å². The first-order valence-corrected chi connectivity index (χ1v) is 9.87. The molecule has 0 aromatic carbocycles. The highest BCUT2D eigenvalue weighted by Gasteiger charge is 2.27. The molecule has 1 saturated heterocycles. The van der Waals surface area contributed by atoms with Crippen molar-refractivity contribution in [2.45, 2.75) is 59.1 Å². The van der Waals surface area contributed by atoms with Crippen LogP contribution in [0.1, 0.15) is 52.1 Å². The van der Waals surface area contributed by atoms with E-state index in [9.17, 15) is 5.11 Å². The Morgan fingerprint density at radius 1 is 1.38 bits per heavy atom. The highest BCUT2D eigenvalue weighted by atomic mass is 16.4. The highest BCUT2D eigenvalue weighted by molar-refractivity contribution is 5.79. The van der Waals surface area contributed by atoms with Gasteiger partial charge in [0.05, 0.1) is 6.54 Å². The Bertz CT molecular complexity index is 574. The lowest BCUT2D eigenvalue weighted by molar-refractivity contribution is 0.0428. The molecule has 2 rings (SSSR count). The summed E-state index contributed by atoms with van der Waals surface area (Å²) >= 11 is 0. The quantitative estimate of drug-likeness (QED) is 0.512. The van der Waals surface area contributed by atoms with Crippen molar-refractivity contribution in [1.82, 2.24) is 15.5 Å². The van der Waals surface area contributed by atoms with Crippen molar-refractivity contribution in [2.24, 2.45) is 10.9 Å². The number of aliphatic hydroxyl groups is 1. The maximum Gasteiger partial charge on any atom is 0.191 e. The van der Waals surface area contributed by atoms with Gasteiger partial charge >= 0.3 is 0 Å². The molecule has 1 aromatic heterocycles. The average Bonchev–Trinajstić information content (AvgIpc) is 3.05. The zero-order valence-corrected chi connectivity index (χ0v) is 17.0. The van der Waals surface area contributed by atoms with Gasteiger partial charge in [-0.15, -0.1) is 0 Å². The summed E-state index contributed by atoms with van der Waals surface area (Å²) in [7, 11) is 0. The molecule has 6 heteroatoms. The third-order valence-electron chi connectivity index (χ3n) is 5.17. The van der Waals surface area contributed by atoms with Gasteiger partial charge in [-0.2, -0.15) is 0 Å². The molecule has 0 bridgehead atoms. The van der Waals surface area contributed by atoms with Crippen molar-refractivity contribution in [3.05, 3.63) is 23.7 Å². The van der Waals surface area contributed by atoms with Crippen LogP contribution in [0.5, 0.6) is 0 Å². The number of aryl methyl sites for hydroxylation is 1.